The third-order valence-corrected chi connectivity index (χ3v) is 1.88. The van der Waals surface area contributed by atoms with Crippen molar-refractivity contribution in [3.8, 4) is 0 Å². The molecule has 0 radical (unpaired) electrons. The van der Waals surface area contributed by atoms with Gasteiger partial charge in [-0.2, -0.15) is 0 Å². The lowest BCUT2D eigenvalue weighted by Crippen LogP contribution is -2.24. The van der Waals surface area contributed by atoms with Crippen molar-refractivity contribution in [2.45, 2.75) is 0 Å². The average Bonchev–Trinajstić information content (AvgIpc) is 1.58. The Kier molecular flexibility index (Phi) is 4.32. The van der Waals surface area contributed by atoms with Crippen LogP contribution in [-0.2, 0) is 9.36 Å². The first-order chi connectivity index (χ1) is 4.52. The molecule has 0 aliphatic carbocycles. The lowest BCUT2D eigenvalue weighted by Gasteiger charge is -2.10. The molecule has 0 aliphatic heterocycles. The minimum Gasteiger partial charge on any atom is -0.480 e. The highest BCUT2D eigenvalue weighted by Crippen LogP contribution is 2.13. The van der Waals surface area contributed by atoms with E-state index in [0.717, 1.165) is 0 Å². The topological polar surface area (TPSA) is 57.6 Å². The highest BCUT2D eigenvalue weighted by Gasteiger charge is 2.04. The first-order valence-electron chi connectivity index (χ1n) is 2.92. The van der Waals surface area contributed by atoms with Gasteiger partial charge >= 0.3 is 5.97 Å². The molecule has 0 saturated heterocycles. The molecular weight excluding hydrogens is 153 g/mol. The number of nitrogens with zero attached hydrogens (tertiary/aromatic N) is 1. The first-order valence-corrected chi connectivity index (χ1v) is 5.03. The quantitative estimate of drug-likeness (QED) is 0.602. The summed E-state index contributed by atoms with van der Waals surface area (Å²) in [7, 11) is 0.0728. The van der Waals surface area contributed by atoms with Gasteiger partial charge in [0.1, 0.15) is 0 Å². The van der Waals surface area contributed by atoms with Crippen LogP contribution in [0.15, 0.2) is 0 Å². The molecule has 1 N–H and O–H groups in total. The van der Waals surface area contributed by atoms with Crippen LogP contribution in [0.4, 0.5) is 0 Å². The molecule has 1 atom stereocenters. The fourth-order valence-corrected chi connectivity index (χ4v) is 1.54. The number of carboxylic acids is 1. The largest absolute Gasteiger partial charge is 0.480 e. The highest BCUT2D eigenvalue weighted by molar-refractivity contribution is 7.43. The van der Waals surface area contributed by atoms with Crippen LogP contribution in [-0.4, -0.2) is 42.5 Å². The summed E-state index contributed by atoms with van der Waals surface area (Å²) in [4.78, 5) is 11.6. The minimum absolute atomic E-state index is 0.0375. The second-order valence-corrected chi connectivity index (χ2v) is 3.99. The number of carbonyl (C=O) groups is 1. The molecule has 0 aromatic carbocycles. The fourth-order valence-electron chi connectivity index (χ4n) is 0.667. The Bertz CT molecular complexity index is 132. The SMILES string of the molecule is CN(CC(=O)O)C[PH](C)=O. The van der Waals surface area contributed by atoms with Crippen molar-refractivity contribution in [3.05, 3.63) is 0 Å². The molecule has 0 fully saturated rings. The first kappa shape index (κ1) is 9.66. The predicted octanol–water partition coefficient (Wildman–Crippen LogP) is 0.150. The van der Waals surface area contributed by atoms with Crippen LogP contribution in [0.5, 0.6) is 0 Å². The van der Waals surface area contributed by atoms with Crippen molar-refractivity contribution in [2.24, 2.45) is 0 Å². The van der Waals surface area contributed by atoms with E-state index in [-0.39, 0.29) is 6.54 Å². The number of carboxylic acid groups (broad SMARTS) is 1. The molecular formula is C5H12NO3P. The van der Waals surface area contributed by atoms with E-state index < -0.39 is 13.8 Å². The Labute approximate surface area is 60.6 Å². The summed E-state index contributed by atoms with van der Waals surface area (Å²) in [5, 5.41) is 8.26. The summed E-state index contributed by atoms with van der Waals surface area (Å²) in [6.07, 6.45) is 0.386. The van der Waals surface area contributed by atoms with Gasteiger partial charge in [-0.25, -0.2) is 0 Å². The summed E-state index contributed by atoms with van der Waals surface area (Å²) < 4.78 is 10.6. The smallest absolute Gasteiger partial charge is 0.317 e. The number of aliphatic carboxylic acids is 1. The third kappa shape index (κ3) is 5.79. The molecule has 1 unspecified atom stereocenters. The van der Waals surface area contributed by atoms with Gasteiger partial charge in [-0.3, -0.25) is 9.69 Å². The zero-order valence-corrected chi connectivity index (χ0v) is 7.13. The zero-order valence-electron chi connectivity index (χ0n) is 6.13. The summed E-state index contributed by atoms with van der Waals surface area (Å²) in [6, 6.07) is 0. The van der Waals surface area contributed by atoms with E-state index in [0.29, 0.717) is 6.29 Å². The Morgan fingerprint density at radius 1 is 1.70 bits per heavy atom. The summed E-state index contributed by atoms with van der Waals surface area (Å²) in [5.74, 6) is -0.884. The normalized spacial score (nSPS) is 13.5. The number of likely N-dealkylation sites (N-methyl/N-ethyl adjacent to an activating group) is 1. The van der Waals surface area contributed by atoms with Crippen molar-refractivity contribution < 1.29 is 14.5 Å². The van der Waals surface area contributed by atoms with Gasteiger partial charge in [0.25, 0.3) is 0 Å². The monoisotopic (exact) mass is 165 g/mol. The fraction of sp³-hybridized carbons (Fsp3) is 0.800. The molecule has 4 nitrogen and oxygen atoms in total. The molecule has 0 spiro atoms. The van der Waals surface area contributed by atoms with Gasteiger partial charge in [0.15, 0.2) is 0 Å². The van der Waals surface area contributed by atoms with Crippen LogP contribution < -0.4 is 0 Å². The maximum atomic E-state index is 10.6. The summed E-state index contributed by atoms with van der Waals surface area (Å²) in [6.45, 7) is 1.58. The van der Waals surface area contributed by atoms with Crippen LogP contribution in [0.25, 0.3) is 0 Å². The molecule has 0 aromatic rings. The maximum Gasteiger partial charge on any atom is 0.317 e. The van der Waals surface area contributed by atoms with Crippen molar-refractivity contribution in [1.82, 2.24) is 4.90 Å². The highest BCUT2D eigenvalue weighted by atomic mass is 31.1. The van der Waals surface area contributed by atoms with Crippen LogP contribution in [0.1, 0.15) is 0 Å². The van der Waals surface area contributed by atoms with E-state index in [9.17, 15) is 9.36 Å². The second-order valence-electron chi connectivity index (χ2n) is 2.27. The summed E-state index contributed by atoms with van der Waals surface area (Å²) >= 11 is 0. The number of hydrogen-bond acceptors (Lipinski definition) is 3. The maximum absolute atomic E-state index is 10.6. The van der Waals surface area contributed by atoms with Gasteiger partial charge < -0.3 is 9.67 Å². The van der Waals surface area contributed by atoms with E-state index in [1.807, 2.05) is 0 Å². The molecule has 60 valence electrons. The van der Waals surface area contributed by atoms with Gasteiger partial charge in [0, 0.05) is 6.29 Å². The van der Waals surface area contributed by atoms with E-state index in [1.54, 1.807) is 13.7 Å². The van der Waals surface area contributed by atoms with E-state index in [2.05, 4.69) is 0 Å². The van der Waals surface area contributed by atoms with Crippen molar-refractivity contribution in [1.29, 1.82) is 0 Å². The molecule has 0 aliphatic rings. The predicted molar refractivity (Wildman–Crippen MR) is 40.1 cm³/mol. The lowest BCUT2D eigenvalue weighted by atomic mass is 10.6. The molecule has 0 heterocycles. The standard InChI is InChI=1S/C5H12NO3P/c1-6(3-5(7)8)4-10(2)9/h10H,3-4H2,1-2H3,(H,7,8). The molecule has 0 amide bonds. The van der Waals surface area contributed by atoms with Crippen molar-refractivity contribution in [2.75, 3.05) is 26.5 Å². The van der Waals surface area contributed by atoms with Crippen LogP contribution in [0, 0.1) is 0 Å². The van der Waals surface area contributed by atoms with E-state index in [4.69, 9.17) is 5.11 Å². The van der Waals surface area contributed by atoms with E-state index in [1.165, 1.54) is 4.90 Å². The Hall–Kier alpha value is -0.340. The molecule has 0 rings (SSSR count). The van der Waals surface area contributed by atoms with Gasteiger partial charge in [0.05, 0.1) is 14.3 Å². The Balaban J connectivity index is 3.53. The Morgan fingerprint density at radius 3 is 2.50 bits per heavy atom. The van der Waals surface area contributed by atoms with Crippen LogP contribution in [0.2, 0.25) is 0 Å². The second kappa shape index (κ2) is 4.47. The number of hydrogen-bond donors (Lipinski definition) is 1. The van der Waals surface area contributed by atoms with Gasteiger partial charge in [-0.05, 0) is 13.7 Å². The Morgan fingerprint density at radius 2 is 2.20 bits per heavy atom. The summed E-state index contributed by atoms with van der Waals surface area (Å²) in [5.41, 5.74) is 0. The molecule has 10 heavy (non-hydrogen) atoms. The lowest BCUT2D eigenvalue weighted by molar-refractivity contribution is -0.137. The minimum atomic E-state index is -1.57. The zero-order chi connectivity index (χ0) is 8.15. The molecule has 0 aromatic heterocycles. The third-order valence-electron chi connectivity index (χ3n) is 0.898. The van der Waals surface area contributed by atoms with Gasteiger partial charge in [-0.15, -0.1) is 0 Å². The van der Waals surface area contributed by atoms with Crippen LogP contribution in [0.3, 0.4) is 0 Å². The number of rotatable bonds is 4. The molecule has 5 heteroatoms. The van der Waals surface area contributed by atoms with Crippen molar-refractivity contribution in [3.63, 3.8) is 0 Å². The molecule has 0 bridgehead atoms. The average molecular weight is 165 g/mol. The van der Waals surface area contributed by atoms with E-state index >= 15 is 0 Å². The molecule has 0 saturated carbocycles. The van der Waals surface area contributed by atoms with Crippen LogP contribution >= 0.6 is 7.80 Å². The van der Waals surface area contributed by atoms with Gasteiger partial charge in [-0.1, -0.05) is 0 Å². The van der Waals surface area contributed by atoms with Gasteiger partial charge in [0.2, 0.25) is 0 Å². The van der Waals surface area contributed by atoms with Crippen molar-refractivity contribution >= 4 is 13.8 Å².